The van der Waals surface area contributed by atoms with Crippen molar-refractivity contribution < 1.29 is 19.1 Å². The van der Waals surface area contributed by atoms with Crippen molar-refractivity contribution in [2.45, 2.75) is 51.9 Å². The Bertz CT molecular complexity index is 1470. The molecule has 0 saturated heterocycles. The van der Waals surface area contributed by atoms with Crippen LogP contribution in [-0.2, 0) is 18.3 Å². The van der Waals surface area contributed by atoms with Crippen molar-refractivity contribution in [1.82, 2.24) is 5.43 Å². The maximum atomic E-state index is 12.8. The topological polar surface area (TPSA) is 84.1 Å². The van der Waals surface area contributed by atoms with Gasteiger partial charge in [0.25, 0.3) is 5.91 Å². The van der Waals surface area contributed by atoms with Gasteiger partial charge in [0, 0.05) is 34.1 Å². The third kappa shape index (κ3) is 4.25. The maximum Gasteiger partial charge on any atom is 0.271 e. The first-order chi connectivity index (χ1) is 16.8. The molecule has 1 aliphatic rings. The number of furan rings is 1. The fraction of sp³-hybridized carbons (Fsp3) is 0.310. The Labute approximate surface area is 204 Å². The molecule has 0 atom stereocenters. The highest BCUT2D eigenvalue weighted by Gasteiger charge is 2.27. The van der Waals surface area contributed by atoms with Gasteiger partial charge in [-0.15, -0.1) is 0 Å². The number of aryl methyl sites for hydroxylation is 2. The first-order valence-electron chi connectivity index (χ1n) is 12.0. The second kappa shape index (κ2) is 8.77. The number of methoxy groups -OCH3 is 1. The Kier molecular flexibility index (Phi) is 5.75. The molecule has 5 rings (SSSR count). The molecule has 0 spiro atoms. The summed E-state index contributed by atoms with van der Waals surface area (Å²) in [5.74, 6) is 1.61. The van der Waals surface area contributed by atoms with Crippen molar-refractivity contribution in [1.29, 1.82) is 0 Å². The number of phenols is 1. The van der Waals surface area contributed by atoms with E-state index in [1.807, 2.05) is 36.4 Å². The lowest BCUT2D eigenvalue weighted by Crippen LogP contribution is -2.18. The van der Waals surface area contributed by atoms with Crippen LogP contribution in [0.4, 0.5) is 0 Å². The molecule has 180 valence electrons. The molecule has 4 aromatic rings. The van der Waals surface area contributed by atoms with Crippen LogP contribution in [0.25, 0.3) is 21.7 Å². The fourth-order valence-corrected chi connectivity index (χ4v) is 4.86. The van der Waals surface area contributed by atoms with Crippen LogP contribution in [-0.4, -0.2) is 24.3 Å². The summed E-state index contributed by atoms with van der Waals surface area (Å²) in [4.78, 5) is 12.8. The number of benzene rings is 3. The third-order valence-electron chi connectivity index (χ3n) is 6.73. The largest absolute Gasteiger partial charge is 0.507 e. The zero-order valence-electron chi connectivity index (χ0n) is 20.6. The average Bonchev–Trinajstić information content (AvgIpc) is 3.22. The number of amides is 1. The van der Waals surface area contributed by atoms with Crippen LogP contribution < -0.4 is 10.2 Å². The first-order valence-corrected chi connectivity index (χ1v) is 12.0. The van der Waals surface area contributed by atoms with E-state index in [4.69, 9.17) is 9.15 Å². The van der Waals surface area contributed by atoms with Crippen molar-refractivity contribution >= 4 is 33.9 Å². The molecule has 6 heteroatoms. The van der Waals surface area contributed by atoms with E-state index >= 15 is 0 Å². The summed E-state index contributed by atoms with van der Waals surface area (Å²) < 4.78 is 11.5. The Hall–Kier alpha value is -3.80. The van der Waals surface area contributed by atoms with Crippen LogP contribution in [0, 0.1) is 0 Å². The van der Waals surface area contributed by atoms with Gasteiger partial charge in [-0.3, -0.25) is 4.79 Å². The predicted octanol–water partition coefficient (Wildman–Crippen LogP) is 6.24. The Morgan fingerprint density at radius 2 is 1.83 bits per heavy atom. The molecule has 0 fully saturated rings. The van der Waals surface area contributed by atoms with Crippen LogP contribution >= 0.6 is 0 Å². The molecule has 1 amide bonds. The van der Waals surface area contributed by atoms with Gasteiger partial charge in [0.2, 0.25) is 0 Å². The number of carbonyl (C=O) groups is 1. The van der Waals surface area contributed by atoms with E-state index in [9.17, 15) is 9.90 Å². The van der Waals surface area contributed by atoms with Crippen LogP contribution in [0.15, 0.2) is 52.0 Å². The van der Waals surface area contributed by atoms with Gasteiger partial charge in [-0.2, -0.15) is 5.10 Å². The summed E-state index contributed by atoms with van der Waals surface area (Å²) in [5.41, 5.74) is 6.11. The SMILES string of the molecule is COc1ccc2cc(C(=O)N/N=C/c3c(O)c(C(C)(C)C)cc4oc5c(c34)CCCC5)ccc2c1. The zero-order chi connectivity index (χ0) is 24.7. The number of phenolic OH excluding ortho intramolecular Hbond substituents is 1. The minimum atomic E-state index is -0.323. The van der Waals surface area contributed by atoms with Gasteiger partial charge in [-0.25, -0.2) is 5.43 Å². The standard InChI is InChI=1S/C29H30N2O4/c1-29(2,3)23-15-25-26(21-7-5-6-8-24(21)35-25)22(27(23)32)16-30-31-28(33)19-10-9-18-14-20(34-4)12-11-17(18)13-19/h9-16,32H,5-8H2,1-4H3,(H,31,33)/b30-16+. The first kappa shape index (κ1) is 23.0. The minimum Gasteiger partial charge on any atom is -0.507 e. The van der Waals surface area contributed by atoms with E-state index in [1.54, 1.807) is 19.4 Å². The van der Waals surface area contributed by atoms with Crippen molar-refractivity contribution in [3.63, 3.8) is 0 Å². The van der Waals surface area contributed by atoms with Crippen molar-refractivity contribution in [3.05, 3.63) is 70.5 Å². The summed E-state index contributed by atoms with van der Waals surface area (Å²) in [7, 11) is 1.63. The minimum absolute atomic E-state index is 0.178. The quantitative estimate of drug-likeness (QED) is 0.273. The van der Waals surface area contributed by atoms with Crippen LogP contribution in [0.2, 0.25) is 0 Å². The number of rotatable bonds is 4. The molecule has 1 heterocycles. The summed E-state index contributed by atoms with van der Waals surface area (Å²) in [6.45, 7) is 6.15. The Morgan fingerprint density at radius 3 is 2.60 bits per heavy atom. The van der Waals surface area contributed by atoms with E-state index in [1.165, 1.54) is 0 Å². The van der Waals surface area contributed by atoms with E-state index in [-0.39, 0.29) is 17.1 Å². The molecular formula is C29H30N2O4. The summed E-state index contributed by atoms with van der Waals surface area (Å²) in [6, 6.07) is 13.1. The number of hydrazone groups is 1. The molecule has 1 aliphatic carbocycles. The van der Waals surface area contributed by atoms with Gasteiger partial charge >= 0.3 is 0 Å². The van der Waals surface area contributed by atoms with Crippen molar-refractivity contribution in [2.75, 3.05) is 7.11 Å². The van der Waals surface area contributed by atoms with E-state index in [0.29, 0.717) is 11.1 Å². The number of ether oxygens (including phenoxy) is 1. The highest BCUT2D eigenvalue weighted by molar-refractivity contribution is 6.05. The highest BCUT2D eigenvalue weighted by atomic mass is 16.5. The number of hydrogen-bond donors (Lipinski definition) is 2. The number of nitrogens with zero attached hydrogens (tertiary/aromatic N) is 1. The van der Waals surface area contributed by atoms with Gasteiger partial charge in [-0.1, -0.05) is 32.9 Å². The van der Waals surface area contributed by atoms with E-state index in [0.717, 1.165) is 70.1 Å². The van der Waals surface area contributed by atoms with Gasteiger partial charge in [0.1, 0.15) is 22.8 Å². The number of fused-ring (bicyclic) bond motifs is 4. The van der Waals surface area contributed by atoms with E-state index < -0.39 is 0 Å². The molecule has 0 unspecified atom stereocenters. The summed E-state index contributed by atoms with van der Waals surface area (Å²) >= 11 is 0. The molecule has 0 radical (unpaired) electrons. The lowest BCUT2D eigenvalue weighted by atomic mass is 9.83. The second-order valence-corrected chi connectivity index (χ2v) is 10.1. The molecule has 35 heavy (non-hydrogen) atoms. The lowest BCUT2D eigenvalue weighted by Gasteiger charge is -2.21. The van der Waals surface area contributed by atoms with Crippen molar-refractivity contribution in [3.8, 4) is 11.5 Å². The average molecular weight is 471 g/mol. The Morgan fingerprint density at radius 1 is 1.09 bits per heavy atom. The molecule has 2 N–H and O–H groups in total. The van der Waals surface area contributed by atoms with Gasteiger partial charge in [0.15, 0.2) is 0 Å². The Balaban J connectivity index is 1.49. The molecular weight excluding hydrogens is 440 g/mol. The van der Waals surface area contributed by atoms with Crippen molar-refractivity contribution in [2.24, 2.45) is 5.10 Å². The fourth-order valence-electron chi connectivity index (χ4n) is 4.86. The lowest BCUT2D eigenvalue weighted by molar-refractivity contribution is 0.0955. The normalized spacial score (nSPS) is 13.9. The zero-order valence-corrected chi connectivity index (χ0v) is 20.6. The van der Waals surface area contributed by atoms with Crippen LogP contribution in [0.3, 0.4) is 0 Å². The molecule has 1 aromatic heterocycles. The monoisotopic (exact) mass is 470 g/mol. The molecule has 0 aliphatic heterocycles. The molecule has 6 nitrogen and oxygen atoms in total. The third-order valence-corrected chi connectivity index (χ3v) is 6.73. The number of hydrogen-bond acceptors (Lipinski definition) is 5. The molecule has 0 saturated carbocycles. The number of carbonyl (C=O) groups excluding carboxylic acids is 1. The van der Waals surface area contributed by atoms with Crippen LogP contribution in [0.5, 0.6) is 11.5 Å². The highest BCUT2D eigenvalue weighted by Crippen LogP contribution is 2.42. The number of nitrogens with one attached hydrogen (secondary N) is 1. The molecule has 3 aromatic carbocycles. The molecule has 0 bridgehead atoms. The summed E-state index contributed by atoms with van der Waals surface area (Å²) in [5, 5.41) is 18.3. The van der Waals surface area contributed by atoms with Gasteiger partial charge in [-0.05, 0) is 65.8 Å². The van der Waals surface area contributed by atoms with Gasteiger partial charge in [0.05, 0.1) is 13.3 Å². The maximum absolute atomic E-state index is 12.8. The van der Waals surface area contributed by atoms with Gasteiger partial charge < -0.3 is 14.3 Å². The second-order valence-electron chi connectivity index (χ2n) is 10.1. The van der Waals surface area contributed by atoms with E-state index in [2.05, 4.69) is 31.3 Å². The summed E-state index contributed by atoms with van der Waals surface area (Å²) in [6.07, 6.45) is 5.54. The van der Waals surface area contributed by atoms with Crippen LogP contribution in [0.1, 0.15) is 66.4 Å². The predicted molar refractivity (Wildman–Crippen MR) is 139 cm³/mol. The smallest absolute Gasteiger partial charge is 0.271 e. The number of aromatic hydroxyl groups is 1.